The monoisotopic (exact) mass is 529 g/mol. The molecule has 1 aromatic heterocycles. The Hall–Kier alpha value is -4.24. The topological polar surface area (TPSA) is 93.9 Å². The summed E-state index contributed by atoms with van der Waals surface area (Å²) in [6, 6.07) is 23.1. The molecular formula is C29H27N3O5S. The van der Waals surface area contributed by atoms with Crippen LogP contribution >= 0.6 is 11.8 Å². The average molecular weight is 530 g/mol. The van der Waals surface area contributed by atoms with Crippen molar-refractivity contribution < 1.29 is 24.2 Å². The van der Waals surface area contributed by atoms with Crippen LogP contribution in [-0.4, -0.2) is 53.3 Å². The van der Waals surface area contributed by atoms with E-state index in [1.807, 2.05) is 79.7 Å². The Labute approximate surface area is 224 Å². The summed E-state index contributed by atoms with van der Waals surface area (Å²) in [5, 5.41) is 14.5. The number of para-hydroxylation sites is 1. The molecule has 0 aliphatic carbocycles. The first kappa shape index (κ1) is 25.4. The third kappa shape index (κ3) is 4.61. The van der Waals surface area contributed by atoms with Crippen LogP contribution in [0.2, 0.25) is 0 Å². The van der Waals surface area contributed by atoms with Gasteiger partial charge in [-0.05, 0) is 36.2 Å². The van der Waals surface area contributed by atoms with Gasteiger partial charge >= 0.3 is 5.97 Å². The summed E-state index contributed by atoms with van der Waals surface area (Å²) in [5.74, 6) is 0.322. The van der Waals surface area contributed by atoms with E-state index in [0.717, 1.165) is 27.9 Å². The largest absolute Gasteiger partial charge is 0.493 e. The minimum Gasteiger partial charge on any atom is -0.493 e. The maximum atomic E-state index is 13.5. The number of carboxylic acid groups (broad SMARTS) is 1. The van der Waals surface area contributed by atoms with E-state index >= 15 is 0 Å². The SMILES string of the molecule is COc1ccc(C2SCC(=O)N(CC(=O)O)c3c2c(-c2ccccc2)nn3-c2ccccc2C)cc1OC. The molecule has 5 rings (SSSR count). The van der Waals surface area contributed by atoms with Crippen molar-refractivity contribution in [2.75, 3.05) is 31.4 Å². The zero-order valence-corrected chi connectivity index (χ0v) is 22.1. The molecular weight excluding hydrogens is 502 g/mol. The molecule has 3 aromatic carbocycles. The highest BCUT2D eigenvalue weighted by atomic mass is 32.2. The molecule has 38 heavy (non-hydrogen) atoms. The summed E-state index contributed by atoms with van der Waals surface area (Å²) >= 11 is 1.44. The number of hydrogen-bond acceptors (Lipinski definition) is 6. The van der Waals surface area contributed by atoms with Crippen molar-refractivity contribution in [1.82, 2.24) is 9.78 Å². The molecule has 1 N–H and O–H groups in total. The Balaban J connectivity index is 1.85. The minimum atomic E-state index is -1.10. The number of benzene rings is 3. The summed E-state index contributed by atoms with van der Waals surface area (Å²) in [4.78, 5) is 26.8. The van der Waals surface area contributed by atoms with Crippen molar-refractivity contribution >= 4 is 29.5 Å². The van der Waals surface area contributed by atoms with Gasteiger partial charge in [-0.2, -0.15) is 5.10 Å². The lowest BCUT2D eigenvalue weighted by molar-refractivity contribution is -0.136. The van der Waals surface area contributed by atoms with Crippen LogP contribution in [0.4, 0.5) is 5.82 Å². The van der Waals surface area contributed by atoms with Crippen molar-refractivity contribution in [2.45, 2.75) is 12.2 Å². The van der Waals surface area contributed by atoms with Gasteiger partial charge in [0.1, 0.15) is 12.4 Å². The normalized spacial score (nSPS) is 15.1. The first-order chi connectivity index (χ1) is 18.4. The van der Waals surface area contributed by atoms with Crippen molar-refractivity contribution in [1.29, 1.82) is 0 Å². The molecule has 0 spiro atoms. The fourth-order valence-electron chi connectivity index (χ4n) is 4.71. The van der Waals surface area contributed by atoms with Gasteiger partial charge < -0.3 is 14.6 Å². The smallest absolute Gasteiger partial charge is 0.323 e. The van der Waals surface area contributed by atoms with Crippen LogP contribution in [0.5, 0.6) is 11.5 Å². The lowest BCUT2D eigenvalue weighted by atomic mass is 9.99. The zero-order valence-electron chi connectivity index (χ0n) is 21.2. The van der Waals surface area contributed by atoms with Crippen LogP contribution in [0.25, 0.3) is 16.9 Å². The third-order valence-corrected chi connectivity index (χ3v) is 7.74. The maximum absolute atomic E-state index is 13.5. The van der Waals surface area contributed by atoms with E-state index in [2.05, 4.69) is 0 Å². The first-order valence-electron chi connectivity index (χ1n) is 12.0. The molecule has 1 aliphatic rings. The van der Waals surface area contributed by atoms with E-state index in [4.69, 9.17) is 14.6 Å². The van der Waals surface area contributed by atoms with E-state index < -0.39 is 12.5 Å². The van der Waals surface area contributed by atoms with Gasteiger partial charge in [-0.3, -0.25) is 14.5 Å². The van der Waals surface area contributed by atoms with E-state index in [1.54, 1.807) is 18.9 Å². The fourth-order valence-corrected chi connectivity index (χ4v) is 5.90. The molecule has 0 bridgehead atoms. The van der Waals surface area contributed by atoms with Crippen molar-refractivity contribution in [2.24, 2.45) is 0 Å². The number of rotatable bonds is 7. The number of carbonyl (C=O) groups excluding carboxylic acids is 1. The number of amides is 1. The summed E-state index contributed by atoms with van der Waals surface area (Å²) in [7, 11) is 3.16. The zero-order chi connectivity index (χ0) is 26.8. The number of aryl methyl sites for hydroxylation is 1. The number of thioether (sulfide) groups is 1. The maximum Gasteiger partial charge on any atom is 0.323 e. The fraction of sp³-hybridized carbons (Fsp3) is 0.207. The number of carboxylic acids is 1. The van der Waals surface area contributed by atoms with E-state index in [1.165, 1.54) is 16.7 Å². The van der Waals surface area contributed by atoms with E-state index in [0.29, 0.717) is 23.0 Å². The lowest BCUT2D eigenvalue weighted by Crippen LogP contribution is -2.38. The number of anilines is 1. The molecule has 0 radical (unpaired) electrons. The number of ether oxygens (including phenoxy) is 2. The van der Waals surface area contributed by atoms with Crippen molar-refractivity contribution in [3.05, 3.63) is 89.5 Å². The predicted molar refractivity (Wildman–Crippen MR) is 148 cm³/mol. The second kappa shape index (κ2) is 10.6. The lowest BCUT2D eigenvalue weighted by Gasteiger charge is -2.22. The highest BCUT2D eigenvalue weighted by molar-refractivity contribution is 8.00. The van der Waals surface area contributed by atoms with Crippen LogP contribution in [0, 0.1) is 6.92 Å². The number of nitrogens with zero attached hydrogens (tertiary/aromatic N) is 3. The molecule has 8 nitrogen and oxygen atoms in total. The minimum absolute atomic E-state index is 0.100. The number of methoxy groups -OCH3 is 2. The molecule has 0 saturated heterocycles. The van der Waals surface area contributed by atoms with Gasteiger partial charge in [0.25, 0.3) is 0 Å². The van der Waals surface area contributed by atoms with Crippen molar-refractivity contribution in [3.63, 3.8) is 0 Å². The molecule has 4 aromatic rings. The molecule has 1 atom stereocenters. The van der Waals surface area contributed by atoms with Crippen LogP contribution in [0.1, 0.15) is 21.9 Å². The van der Waals surface area contributed by atoms with Crippen molar-refractivity contribution in [3.8, 4) is 28.4 Å². The Bertz CT molecular complexity index is 1500. The Kier molecular flexibility index (Phi) is 7.11. The van der Waals surface area contributed by atoms with Crippen LogP contribution in [0.15, 0.2) is 72.8 Å². The molecule has 1 aliphatic heterocycles. The number of carbonyl (C=O) groups is 2. The van der Waals surface area contributed by atoms with Gasteiger partial charge in [0, 0.05) is 11.1 Å². The molecule has 0 fully saturated rings. The summed E-state index contributed by atoms with van der Waals surface area (Å²) in [6.45, 7) is 1.49. The standard InChI is InChI=1S/C29H27N3O5S/c1-18-9-7-8-12-21(18)32-29-26(27(30-32)19-10-5-4-6-11-19)28(38-17-24(33)31(29)16-25(34)35)20-13-14-22(36-2)23(15-20)37-3/h4-15,28H,16-17H2,1-3H3,(H,34,35). The number of aliphatic carboxylic acids is 1. The van der Waals surface area contributed by atoms with E-state index in [-0.39, 0.29) is 16.9 Å². The highest BCUT2D eigenvalue weighted by Crippen LogP contribution is 2.49. The van der Waals surface area contributed by atoms with Gasteiger partial charge in [-0.1, -0.05) is 54.6 Å². The Morgan fingerprint density at radius 2 is 1.74 bits per heavy atom. The predicted octanol–water partition coefficient (Wildman–Crippen LogP) is 5.12. The quantitative estimate of drug-likeness (QED) is 0.355. The van der Waals surface area contributed by atoms with Gasteiger partial charge in [-0.15, -0.1) is 11.8 Å². The first-order valence-corrected chi connectivity index (χ1v) is 13.1. The van der Waals surface area contributed by atoms with Gasteiger partial charge in [0.05, 0.1) is 36.6 Å². The Morgan fingerprint density at radius 3 is 2.42 bits per heavy atom. The molecule has 194 valence electrons. The van der Waals surface area contributed by atoms with Gasteiger partial charge in [0.2, 0.25) is 5.91 Å². The van der Waals surface area contributed by atoms with Crippen LogP contribution < -0.4 is 14.4 Å². The molecule has 1 unspecified atom stereocenters. The molecule has 0 saturated carbocycles. The second-order valence-electron chi connectivity index (χ2n) is 8.83. The number of hydrogen-bond donors (Lipinski definition) is 1. The summed E-state index contributed by atoms with van der Waals surface area (Å²) in [6.07, 6.45) is 0. The number of aromatic nitrogens is 2. The number of fused-ring (bicyclic) bond motifs is 1. The molecule has 9 heteroatoms. The summed E-state index contributed by atoms with van der Waals surface area (Å²) < 4.78 is 12.7. The van der Waals surface area contributed by atoms with Crippen LogP contribution in [-0.2, 0) is 9.59 Å². The van der Waals surface area contributed by atoms with Gasteiger partial charge in [-0.25, -0.2) is 4.68 Å². The second-order valence-corrected chi connectivity index (χ2v) is 9.92. The van der Waals surface area contributed by atoms with Gasteiger partial charge in [0.15, 0.2) is 11.5 Å². The molecule has 2 heterocycles. The van der Waals surface area contributed by atoms with E-state index in [9.17, 15) is 14.7 Å². The summed E-state index contributed by atoms with van der Waals surface area (Å²) in [5.41, 5.74) is 4.92. The van der Waals surface area contributed by atoms with Crippen LogP contribution in [0.3, 0.4) is 0 Å². The Morgan fingerprint density at radius 1 is 1.03 bits per heavy atom. The highest BCUT2D eigenvalue weighted by Gasteiger charge is 2.38. The third-order valence-electron chi connectivity index (χ3n) is 6.48. The molecule has 1 amide bonds. The average Bonchev–Trinajstić information content (AvgIpc) is 3.25.